The van der Waals surface area contributed by atoms with Crippen LogP contribution in [-0.2, 0) is 9.59 Å². The second-order valence-electron chi connectivity index (χ2n) is 5.64. The van der Waals surface area contributed by atoms with Crippen LogP contribution in [0.15, 0.2) is 30.3 Å². The number of anilines is 1. The van der Waals surface area contributed by atoms with Crippen molar-refractivity contribution < 1.29 is 9.59 Å². The van der Waals surface area contributed by atoms with Gasteiger partial charge in [0.1, 0.15) is 0 Å². The molecule has 1 heterocycles. The van der Waals surface area contributed by atoms with Crippen LogP contribution in [0, 0.1) is 5.92 Å². The maximum Gasteiger partial charge on any atom is 0.241 e. The number of piperidine rings is 1. The molecule has 5 heteroatoms. The van der Waals surface area contributed by atoms with E-state index in [1.54, 1.807) is 7.05 Å². The van der Waals surface area contributed by atoms with E-state index >= 15 is 0 Å². The lowest BCUT2D eigenvalue weighted by molar-refractivity contribution is -0.126. The molecular formula is C17H25N3O2. The molecule has 0 radical (unpaired) electrons. The zero-order chi connectivity index (χ0) is 15.9. The molecule has 0 spiro atoms. The lowest BCUT2D eigenvalue weighted by Gasteiger charge is -2.32. The highest BCUT2D eigenvalue weighted by molar-refractivity contribution is 5.94. The first-order valence-electron chi connectivity index (χ1n) is 7.95. The summed E-state index contributed by atoms with van der Waals surface area (Å²) in [6, 6.07) is 9.75. The first-order valence-corrected chi connectivity index (χ1v) is 7.95. The van der Waals surface area contributed by atoms with Crippen LogP contribution in [0.2, 0.25) is 0 Å². The van der Waals surface area contributed by atoms with Crippen LogP contribution >= 0.6 is 0 Å². The minimum absolute atomic E-state index is 0.0905. The molecule has 0 atom stereocenters. The number of hydrogen-bond donors (Lipinski definition) is 1. The van der Waals surface area contributed by atoms with Crippen molar-refractivity contribution in [1.82, 2.24) is 10.2 Å². The number of nitrogens with one attached hydrogen (secondary N) is 1. The fraction of sp³-hybridized carbons (Fsp3) is 0.529. The number of nitrogens with zero attached hydrogens (tertiary/aromatic N) is 2. The molecule has 2 rings (SSSR count). The Balaban J connectivity index is 1.88. The molecule has 22 heavy (non-hydrogen) atoms. The van der Waals surface area contributed by atoms with Crippen molar-refractivity contribution in [1.29, 1.82) is 0 Å². The minimum atomic E-state index is 0.0905. The summed E-state index contributed by atoms with van der Waals surface area (Å²) in [5.41, 5.74) is 0.940. The SMILES string of the molecule is CCN(C(=O)CN1CCC(C(=O)NC)CC1)c1ccccc1. The quantitative estimate of drug-likeness (QED) is 0.897. The van der Waals surface area contributed by atoms with Gasteiger partial charge in [0.15, 0.2) is 0 Å². The Kier molecular flexibility index (Phi) is 5.95. The lowest BCUT2D eigenvalue weighted by atomic mass is 9.96. The number of benzene rings is 1. The molecule has 5 nitrogen and oxygen atoms in total. The maximum absolute atomic E-state index is 12.5. The van der Waals surface area contributed by atoms with E-state index in [2.05, 4.69) is 10.2 Å². The van der Waals surface area contributed by atoms with Gasteiger partial charge in [0.2, 0.25) is 11.8 Å². The maximum atomic E-state index is 12.5. The van der Waals surface area contributed by atoms with Crippen LogP contribution in [0.1, 0.15) is 19.8 Å². The van der Waals surface area contributed by atoms with Crippen molar-refractivity contribution in [3.63, 3.8) is 0 Å². The van der Waals surface area contributed by atoms with Crippen molar-refractivity contribution in [2.24, 2.45) is 5.92 Å². The van der Waals surface area contributed by atoms with Crippen LogP contribution < -0.4 is 10.2 Å². The minimum Gasteiger partial charge on any atom is -0.359 e. The Morgan fingerprint density at radius 2 is 1.86 bits per heavy atom. The van der Waals surface area contributed by atoms with Crippen molar-refractivity contribution in [2.45, 2.75) is 19.8 Å². The number of rotatable bonds is 5. The summed E-state index contributed by atoms with van der Waals surface area (Å²) in [6.45, 7) is 4.68. The molecule has 0 aromatic heterocycles. The summed E-state index contributed by atoms with van der Waals surface area (Å²) >= 11 is 0. The van der Waals surface area contributed by atoms with E-state index in [1.807, 2.05) is 42.2 Å². The molecule has 120 valence electrons. The summed E-state index contributed by atoms with van der Waals surface area (Å²) in [4.78, 5) is 28.1. The third-order valence-corrected chi connectivity index (χ3v) is 4.25. The Bertz CT molecular complexity index is 496. The Labute approximate surface area is 132 Å². The molecule has 0 aliphatic carbocycles. The highest BCUT2D eigenvalue weighted by Gasteiger charge is 2.26. The van der Waals surface area contributed by atoms with Gasteiger partial charge in [-0.05, 0) is 45.0 Å². The standard InChI is InChI=1S/C17H25N3O2/c1-3-20(15-7-5-4-6-8-15)16(21)13-19-11-9-14(10-12-19)17(22)18-2/h4-8,14H,3,9-13H2,1-2H3,(H,18,22). The van der Waals surface area contributed by atoms with Crippen molar-refractivity contribution in [2.75, 3.05) is 38.1 Å². The molecule has 2 amide bonds. The van der Waals surface area contributed by atoms with E-state index in [0.717, 1.165) is 31.6 Å². The van der Waals surface area contributed by atoms with Crippen molar-refractivity contribution >= 4 is 17.5 Å². The largest absolute Gasteiger partial charge is 0.359 e. The van der Waals surface area contributed by atoms with E-state index in [-0.39, 0.29) is 17.7 Å². The fourth-order valence-corrected chi connectivity index (χ4v) is 2.94. The molecular weight excluding hydrogens is 278 g/mol. The number of carbonyl (C=O) groups is 2. The molecule has 1 aliphatic heterocycles. The van der Waals surface area contributed by atoms with E-state index in [9.17, 15) is 9.59 Å². The van der Waals surface area contributed by atoms with Gasteiger partial charge in [0.25, 0.3) is 0 Å². The molecule has 1 aliphatic rings. The number of likely N-dealkylation sites (N-methyl/N-ethyl adjacent to an activating group) is 1. The summed E-state index contributed by atoms with van der Waals surface area (Å²) < 4.78 is 0. The smallest absolute Gasteiger partial charge is 0.241 e. The van der Waals surface area contributed by atoms with Crippen LogP contribution in [0.5, 0.6) is 0 Å². The third-order valence-electron chi connectivity index (χ3n) is 4.25. The number of carbonyl (C=O) groups excluding carboxylic acids is 2. The van der Waals surface area contributed by atoms with E-state index < -0.39 is 0 Å². The number of para-hydroxylation sites is 1. The first-order chi connectivity index (χ1) is 10.7. The van der Waals surface area contributed by atoms with Crippen LogP contribution in [0.25, 0.3) is 0 Å². The van der Waals surface area contributed by atoms with Crippen LogP contribution in [0.3, 0.4) is 0 Å². The Hall–Kier alpha value is -1.88. The van der Waals surface area contributed by atoms with Crippen LogP contribution in [-0.4, -0.2) is 49.9 Å². The summed E-state index contributed by atoms with van der Waals surface area (Å²) in [5, 5.41) is 2.71. The molecule has 1 N–H and O–H groups in total. The van der Waals surface area contributed by atoms with Gasteiger partial charge in [-0.25, -0.2) is 0 Å². The van der Waals surface area contributed by atoms with Gasteiger partial charge in [0.05, 0.1) is 6.54 Å². The number of hydrogen-bond acceptors (Lipinski definition) is 3. The zero-order valence-corrected chi connectivity index (χ0v) is 13.4. The monoisotopic (exact) mass is 303 g/mol. The van der Waals surface area contributed by atoms with Gasteiger partial charge < -0.3 is 10.2 Å². The topological polar surface area (TPSA) is 52.7 Å². The van der Waals surface area contributed by atoms with Gasteiger partial charge in [-0.3, -0.25) is 14.5 Å². The highest BCUT2D eigenvalue weighted by Crippen LogP contribution is 2.18. The average Bonchev–Trinajstić information content (AvgIpc) is 2.56. The van der Waals surface area contributed by atoms with Gasteiger partial charge in [-0.2, -0.15) is 0 Å². The second-order valence-corrected chi connectivity index (χ2v) is 5.64. The second kappa shape index (κ2) is 7.94. The summed E-state index contributed by atoms with van der Waals surface area (Å²) in [5.74, 6) is 0.324. The van der Waals surface area contributed by atoms with E-state index in [0.29, 0.717) is 13.1 Å². The molecule has 0 bridgehead atoms. The van der Waals surface area contributed by atoms with Crippen molar-refractivity contribution in [3.05, 3.63) is 30.3 Å². The fourth-order valence-electron chi connectivity index (χ4n) is 2.94. The normalized spacial score (nSPS) is 16.3. The Morgan fingerprint density at radius 1 is 1.23 bits per heavy atom. The van der Waals surface area contributed by atoms with E-state index in [4.69, 9.17) is 0 Å². The molecule has 0 unspecified atom stereocenters. The molecule has 1 aromatic carbocycles. The third kappa shape index (κ3) is 4.07. The van der Waals surface area contributed by atoms with Crippen molar-refractivity contribution in [3.8, 4) is 0 Å². The molecule has 1 saturated heterocycles. The van der Waals surface area contributed by atoms with Gasteiger partial charge in [-0.15, -0.1) is 0 Å². The molecule has 1 fully saturated rings. The predicted molar refractivity (Wildman–Crippen MR) is 87.7 cm³/mol. The predicted octanol–water partition coefficient (Wildman–Crippen LogP) is 1.50. The lowest BCUT2D eigenvalue weighted by Crippen LogP contribution is -2.45. The van der Waals surface area contributed by atoms with Gasteiger partial charge in [-0.1, -0.05) is 18.2 Å². The average molecular weight is 303 g/mol. The summed E-state index contributed by atoms with van der Waals surface area (Å²) in [7, 11) is 1.68. The molecule has 0 saturated carbocycles. The van der Waals surface area contributed by atoms with Gasteiger partial charge in [0, 0.05) is 25.2 Å². The van der Waals surface area contributed by atoms with E-state index in [1.165, 1.54) is 0 Å². The van der Waals surface area contributed by atoms with Crippen LogP contribution in [0.4, 0.5) is 5.69 Å². The highest BCUT2D eigenvalue weighted by atomic mass is 16.2. The zero-order valence-electron chi connectivity index (χ0n) is 13.4. The number of likely N-dealkylation sites (tertiary alicyclic amines) is 1. The Morgan fingerprint density at radius 3 is 2.41 bits per heavy atom. The van der Waals surface area contributed by atoms with Gasteiger partial charge >= 0.3 is 0 Å². The number of amides is 2. The summed E-state index contributed by atoms with van der Waals surface area (Å²) in [6.07, 6.45) is 1.65. The first kappa shape index (κ1) is 16.5. The molecule has 1 aromatic rings.